The zero-order valence-electron chi connectivity index (χ0n) is 13.9. The quantitative estimate of drug-likeness (QED) is 0.523. The summed E-state index contributed by atoms with van der Waals surface area (Å²) in [6, 6.07) is 19.2. The first kappa shape index (κ1) is 17.4. The van der Waals surface area contributed by atoms with Crippen LogP contribution in [0.25, 0.3) is 0 Å². The molecule has 1 aromatic heterocycles. The van der Waals surface area contributed by atoms with E-state index in [0.717, 1.165) is 15.6 Å². The van der Waals surface area contributed by atoms with E-state index in [2.05, 4.69) is 20.9 Å². The molecule has 0 bridgehead atoms. The van der Waals surface area contributed by atoms with Crippen LogP contribution >= 0.6 is 15.9 Å². The van der Waals surface area contributed by atoms with E-state index >= 15 is 0 Å². The molecular formula is C21H18BrNO2. The van der Waals surface area contributed by atoms with Crippen molar-refractivity contribution in [3.05, 3.63) is 94.2 Å². The molecule has 3 rings (SSSR count). The number of rotatable bonds is 6. The van der Waals surface area contributed by atoms with Gasteiger partial charge in [0, 0.05) is 23.3 Å². The van der Waals surface area contributed by atoms with Crippen LogP contribution in [0.15, 0.2) is 77.5 Å². The Morgan fingerprint density at radius 1 is 1.12 bits per heavy atom. The summed E-state index contributed by atoms with van der Waals surface area (Å²) < 4.78 is 6.94. The number of hydrogen-bond acceptors (Lipinski definition) is 3. The normalized spacial score (nSPS) is 11.8. The van der Waals surface area contributed by atoms with Crippen LogP contribution in [0.1, 0.15) is 34.5 Å². The largest absolute Gasteiger partial charge is 0.485 e. The van der Waals surface area contributed by atoms with E-state index in [1.54, 1.807) is 12.4 Å². The first-order chi connectivity index (χ1) is 12.1. The Bertz CT molecular complexity index is 850. The van der Waals surface area contributed by atoms with Gasteiger partial charge in [-0.3, -0.25) is 9.78 Å². The third-order valence-electron chi connectivity index (χ3n) is 3.90. The van der Waals surface area contributed by atoms with Crippen molar-refractivity contribution < 1.29 is 9.53 Å². The summed E-state index contributed by atoms with van der Waals surface area (Å²) in [6.07, 6.45) is 3.55. The van der Waals surface area contributed by atoms with E-state index in [4.69, 9.17) is 4.74 Å². The summed E-state index contributed by atoms with van der Waals surface area (Å²) in [5.74, 6) is 0.595. The first-order valence-electron chi connectivity index (χ1n) is 8.07. The second kappa shape index (κ2) is 8.08. The Morgan fingerprint density at radius 2 is 1.92 bits per heavy atom. The maximum atomic E-state index is 12.8. The fraction of sp³-hybridized carbons (Fsp3) is 0.143. The van der Waals surface area contributed by atoms with Gasteiger partial charge in [-0.1, -0.05) is 52.3 Å². The van der Waals surface area contributed by atoms with E-state index in [-0.39, 0.29) is 11.9 Å². The lowest BCUT2D eigenvalue weighted by atomic mass is 10.0. The molecule has 3 aromatic rings. The van der Waals surface area contributed by atoms with Gasteiger partial charge >= 0.3 is 0 Å². The minimum Gasteiger partial charge on any atom is -0.485 e. The predicted molar refractivity (Wildman–Crippen MR) is 102 cm³/mol. The number of benzene rings is 2. The number of pyridine rings is 1. The van der Waals surface area contributed by atoms with E-state index in [1.807, 2.05) is 67.6 Å². The van der Waals surface area contributed by atoms with E-state index in [9.17, 15) is 4.79 Å². The number of carbonyl (C=O) groups is 1. The van der Waals surface area contributed by atoms with E-state index < -0.39 is 0 Å². The smallest absolute Gasteiger partial charge is 0.171 e. The minimum atomic E-state index is -0.146. The highest BCUT2D eigenvalue weighted by Gasteiger charge is 2.16. The number of halogens is 1. The Balaban J connectivity index is 1.84. The SMILES string of the molecule is C[C@H](Oc1ccc(Br)cc1C(=O)Cc1cccnc1)c1ccccc1. The van der Waals surface area contributed by atoms with Crippen LogP contribution in [0.3, 0.4) is 0 Å². The lowest BCUT2D eigenvalue weighted by Crippen LogP contribution is -2.10. The number of ketones is 1. The monoisotopic (exact) mass is 395 g/mol. The van der Waals surface area contributed by atoms with Crippen LogP contribution in [0.5, 0.6) is 5.75 Å². The van der Waals surface area contributed by atoms with Crippen molar-refractivity contribution in [2.45, 2.75) is 19.4 Å². The number of Topliss-reactive ketones (excluding diaryl/α,β-unsaturated/α-hetero) is 1. The molecule has 25 heavy (non-hydrogen) atoms. The van der Waals surface area contributed by atoms with Crippen LogP contribution in [-0.4, -0.2) is 10.8 Å². The van der Waals surface area contributed by atoms with Crippen LogP contribution in [0, 0.1) is 0 Å². The number of ether oxygens (including phenoxy) is 1. The fourth-order valence-corrected chi connectivity index (χ4v) is 2.95. The van der Waals surface area contributed by atoms with Gasteiger partial charge in [-0.25, -0.2) is 0 Å². The molecule has 1 atom stereocenters. The zero-order valence-corrected chi connectivity index (χ0v) is 15.4. The van der Waals surface area contributed by atoms with Crippen molar-refractivity contribution in [3.8, 4) is 5.75 Å². The molecule has 4 heteroatoms. The van der Waals surface area contributed by atoms with Gasteiger partial charge in [0.15, 0.2) is 5.78 Å². The summed E-state index contributed by atoms with van der Waals surface area (Å²) in [7, 11) is 0. The van der Waals surface area contributed by atoms with Crippen molar-refractivity contribution in [3.63, 3.8) is 0 Å². The molecule has 0 unspecified atom stereocenters. The number of nitrogens with zero attached hydrogens (tertiary/aromatic N) is 1. The van der Waals surface area contributed by atoms with Crippen molar-refractivity contribution >= 4 is 21.7 Å². The van der Waals surface area contributed by atoms with Crippen LogP contribution in [0.2, 0.25) is 0 Å². The molecule has 2 aromatic carbocycles. The second-order valence-electron chi connectivity index (χ2n) is 5.77. The van der Waals surface area contributed by atoms with Crippen molar-refractivity contribution in [2.24, 2.45) is 0 Å². The van der Waals surface area contributed by atoms with Gasteiger partial charge in [0.05, 0.1) is 5.56 Å². The summed E-state index contributed by atoms with van der Waals surface area (Å²) in [5.41, 5.74) is 2.52. The Hall–Kier alpha value is -2.46. The first-order valence-corrected chi connectivity index (χ1v) is 8.86. The summed E-state index contributed by atoms with van der Waals surface area (Å²) in [4.78, 5) is 16.8. The molecule has 1 heterocycles. The molecule has 126 valence electrons. The van der Waals surface area contributed by atoms with Gasteiger partial charge in [0.25, 0.3) is 0 Å². The summed E-state index contributed by atoms with van der Waals surface area (Å²) in [6.45, 7) is 1.98. The molecule has 0 fully saturated rings. The zero-order chi connectivity index (χ0) is 17.6. The standard InChI is InChI=1S/C21H18BrNO2/c1-15(17-7-3-2-4-8-17)25-21-10-9-18(22)13-19(21)20(24)12-16-6-5-11-23-14-16/h2-11,13-15H,12H2,1H3/t15-/m0/s1. The van der Waals surface area contributed by atoms with Crippen molar-refractivity contribution in [1.29, 1.82) is 0 Å². The molecule has 0 aliphatic rings. The number of hydrogen-bond donors (Lipinski definition) is 0. The fourth-order valence-electron chi connectivity index (χ4n) is 2.59. The molecule has 0 amide bonds. The number of carbonyl (C=O) groups excluding carboxylic acids is 1. The van der Waals surface area contributed by atoms with Gasteiger partial charge in [-0.2, -0.15) is 0 Å². The van der Waals surface area contributed by atoms with Gasteiger partial charge in [0.1, 0.15) is 11.9 Å². The van der Waals surface area contributed by atoms with Crippen molar-refractivity contribution in [1.82, 2.24) is 4.98 Å². The van der Waals surface area contributed by atoms with Crippen LogP contribution in [0.4, 0.5) is 0 Å². The topological polar surface area (TPSA) is 39.2 Å². The lowest BCUT2D eigenvalue weighted by Gasteiger charge is -2.18. The maximum Gasteiger partial charge on any atom is 0.171 e. The highest BCUT2D eigenvalue weighted by molar-refractivity contribution is 9.10. The molecule has 3 nitrogen and oxygen atoms in total. The highest BCUT2D eigenvalue weighted by Crippen LogP contribution is 2.29. The molecule has 0 aliphatic heterocycles. The Kier molecular flexibility index (Phi) is 5.61. The molecule has 0 saturated carbocycles. The minimum absolute atomic E-state index is 0.00422. The predicted octanol–water partition coefficient (Wildman–Crippen LogP) is 5.41. The third-order valence-corrected chi connectivity index (χ3v) is 4.40. The Labute approximate surface area is 155 Å². The summed E-state index contributed by atoms with van der Waals surface area (Å²) in [5, 5.41) is 0. The van der Waals surface area contributed by atoms with Gasteiger partial charge < -0.3 is 4.74 Å². The van der Waals surface area contributed by atoms with E-state index in [1.165, 1.54) is 0 Å². The molecule has 0 spiro atoms. The average Bonchev–Trinajstić information content (AvgIpc) is 2.64. The molecule has 0 aliphatic carbocycles. The lowest BCUT2D eigenvalue weighted by molar-refractivity contribution is 0.0986. The highest BCUT2D eigenvalue weighted by atomic mass is 79.9. The Morgan fingerprint density at radius 3 is 2.64 bits per heavy atom. The van der Waals surface area contributed by atoms with Gasteiger partial charge in [-0.05, 0) is 42.3 Å². The van der Waals surface area contributed by atoms with Crippen LogP contribution in [-0.2, 0) is 6.42 Å². The molecule has 0 radical (unpaired) electrons. The number of aromatic nitrogens is 1. The molecular weight excluding hydrogens is 378 g/mol. The average molecular weight is 396 g/mol. The van der Waals surface area contributed by atoms with Gasteiger partial charge in [-0.15, -0.1) is 0 Å². The third kappa shape index (κ3) is 4.54. The van der Waals surface area contributed by atoms with Crippen LogP contribution < -0.4 is 4.74 Å². The second-order valence-corrected chi connectivity index (χ2v) is 6.69. The van der Waals surface area contributed by atoms with Gasteiger partial charge in [0.2, 0.25) is 0 Å². The van der Waals surface area contributed by atoms with E-state index in [0.29, 0.717) is 17.7 Å². The molecule has 0 N–H and O–H groups in total. The summed E-state index contributed by atoms with van der Waals surface area (Å²) >= 11 is 3.44. The maximum absolute atomic E-state index is 12.8. The molecule has 0 saturated heterocycles. The van der Waals surface area contributed by atoms with Crippen molar-refractivity contribution in [2.75, 3.05) is 0 Å².